The van der Waals surface area contributed by atoms with Gasteiger partial charge in [-0.05, 0) is 48.4 Å². The number of benzene rings is 1. The minimum absolute atomic E-state index is 0.140. The number of thiophene rings is 1. The highest BCUT2D eigenvalue weighted by molar-refractivity contribution is 7.10. The molecule has 2 aromatic rings. The van der Waals surface area contributed by atoms with Crippen LogP contribution in [0.15, 0.2) is 41.8 Å². The van der Waals surface area contributed by atoms with Gasteiger partial charge < -0.3 is 10.4 Å². The van der Waals surface area contributed by atoms with E-state index >= 15 is 0 Å². The van der Waals surface area contributed by atoms with E-state index in [-0.39, 0.29) is 18.4 Å². The number of carbonyl (C=O) groups excluding carboxylic acids is 1. The summed E-state index contributed by atoms with van der Waals surface area (Å²) in [6.45, 7) is 0.679. The molecule has 5 heteroatoms. The van der Waals surface area contributed by atoms with Crippen LogP contribution < -0.4 is 5.32 Å². The van der Waals surface area contributed by atoms with Crippen LogP contribution in [0.2, 0.25) is 0 Å². The van der Waals surface area contributed by atoms with Gasteiger partial charge in [-0.2, -0.15) is 5.26 Å². The molecule has 22 heavy (non-hydrogen) atoms. The number of aliphatic hydroxyl groups excluding tert-OH is 1. The van der Waals surface area contributed by atoms with Gasteiger partial charge in [0.05, 0.1) is 11.6 Å². The third kappa shape index (κ3) is 4.42. The van der Waals surface area contributed by atoms with E-state index in [0.29, 0.717) is 24.1 Å². The molecular weight excluding hydrogens is 296 g/mol. The Kier molecular flexibility index (Phi) is 6.13. The second-order valence-electron chi connectivity index (χ2n) is 4.96. The fourth-order valence-electron chi connectivity index (χ4n) is 2.30. The van der Waals surface area contributed by atoms with Crippen LogP contribution in [0.25, 0.3) is 0 Å². The maximum Gasteiger partial charge on any atom is 0.251 e. The summed E-state index contributed by atoms with van der Waals surface area (Å²) in [6, 6.07) is 12.7. The third-order valence-electron chi connectivity index (χ3n) is 3.46. The molecule has 2 N–H and O–H groups in total. The zero-order valence-electron chi connectivity index (χ0n) is 12.2. The van der Waals surface area contributed by atoms with Crippen molar-refractivity contribution in [3.8, 4) is 6.07 Å². The van der Waals surface area contributed by atoms with E-state index in [1.807, 2.05) is 17.5 Å². The lowest BCUT2D eigenvalue weighted by atomic mass is 10.00. The number of rotatable bonds is 7. The van der Waals surface area contributed by atoms with Crippen molar-refractivity contribution in [1.82, 2.24) is 5.32 Å². The number of amides is 1. The average molecular weight is 314 g/mol. The molecule has 1 heterocycles. The standard InChI is InChI=1S/C17H18N2O2S/c18-12-13-3-1-4-15(11-13)17(21)19-8-6-14(7-9-20)16-5-2-10-22-16/h1-5,10-11,14,20H,6-9H2,(H,19,21). The van der Waals surface area contributed by atoms with E-state index in [9.17, 15) is 4.79 Å². The Morgan fingerprint density at radius 3 is 2.86 bits per heavy atom. The molecule has 0 saturated heterocycles. The second kappa shape index (κ2) is 8.32. The number of hydrogen-bond acceptors (Lipinski definition) is 4. The molecule has 1 amide bonds. The van der Waals surface area contributed by atoms with Gasteiger partial charge in [-0.1, -0.05) is 12.1 Å². The highest BCUT2D eigenvalue weighted by Gasteiger charge is 2.13. The van der Waals surface area contributed by atoms with E-state index in [1.165, 1.54) is 4.88 Å². The summed E-state index contributed by atoms with van der Waals surface area (Å²) < 4.78 is 0. The van der Waals surface area contributed by atoms with Crippen LogP contribution in [0, 0.1) is 11.3 Å². The third-order valence-corrected chi connectivity index (χ3v) is 4.49. The molecule has 1 aromatic carbocycles. The number of nitrogens with one attached hydrogen (secondary N) is 1. The lowest BCUT2D eigenvalue weighted by molar-refractivity contribution is 0.0952. The van der Waals surface area contributed by atoms with E-state index in [2.05, 4.69) is 11.4 Å². The maximum atomic E-state index is 12.1. The summed E-state index contributed by atoms with van der Waals surface area (Å²) in [6.07, 6.45) is 1.48. The number of nitriles is 1. The monoisotopic (exact) mass is 314 g/mol. The Labute approximate surface area is 134 Å². The quantitative estimate of drug-likeness (QED) is 0.825. The summed E-state index contributed by atoms with van der Waals surface area (Å²) in [5.41, 5.74) is 0.971. The first-order valence-electron chi connectivity index (χ1n) is 7.17. The minimum Gasteiger partial charge on any atom is -0.396 e. The van der Waals surface area contributed by atoms with Gasteiger partial charge in [-0.3, -0.25) is 4.79 Å². The van der Waals surface area contributed by atoms with Crippen molar-refractivity contribution in [3.63, 3.8) is 0 Å². The van der Waals surface area contributed by atoms with Crippen molar-refractivity contribution < 1.29 is 9.90 Å². The van der Waals surface area contributed by atoms with Crippen LogP contribution in [-0.4, -0.2) is 24.2 Å². The van der Waals surface area contributed by atoms with Gasteiger partial charge in [0.1, 0.15) is 0 Å². The SMILES string of the molecule is N#Cc1cccc(C(=O)NCCC(CCO)c2cccs2)c1. The Balaban J connectivity index is 1.89. The van der Waals surface area contributed by atoms with Gasteiger partial charge in [0.25, 0.3) is 5.91 Å². The van der Waals surface area contributed by atoms with Gasteiger partial charge >= 0.3 is 0 Å². The molecule has 0 aliphatic carbocycles. The van der Waals surface area contributed by atoms with Crippen molar-refractivity contribution in [1.29, 1.82) is 5.26 Å². The molecule has 114 valence electrons. The maximum absolute atomic E-state index is 12.1. The van der Waals surface area contributed by atoms with E-state index in [0.717, 1.165) is 6.42 Å². The van der Waals surface area contributed by atoms with Crippen molar-refractivity contribution in [2.45, 2.75) is 18.8 Å². The lowest BCUT2D eigenvalue weighted by Gasteiger charge is -2.14. The topological polar surface area (TPSA) is 73.1 Å². The molecule has 0 saturated carbocycles. The highest BCUT2D eigenvalue weighted by atomic mass is 32.1. The van der Waals surface area contributed by atoms with E-state index < -0.39 is 0 Å². The first kappa shape index (κ1) is 16.2. The molecule has 2 rings (SSSR count). The number of carbonyl (C=O) groups is 1. The summed E-state index contributed by atoms with van der Waals surface area (Å²) in [4.78, 5) is 13.3. The molecule has 0 spiro atoms. The van der Waals surface area contributed by atoms with Crippen molar-refractivity contribution in [2.24, 2.45) is 0 Å². The van der Waals surface area contributed by atoms with Crippen molar-refractivity contribution >= 4 is 17.2 Å². The summed E-state index contributed by atoms with van der Waals surface area (Å²) in [5.74, 6) is 0.0850. The van der Waals surface area contributed by atoms with Crippen LogP contribution in [0.4, 0.5) is 0 Å². The van der Waals surface area contributed by atoms with Gasteiger partial charge in [0, 0.05) is 23.6 Å². The molecule has 0 aliphatic heterocycles. The van der Waals surface area contributed by atoms with E-state index in [4.69, 9.17) is 10.4 Å². The number of nitrogens with zero attached hydrogens (tertiary/aromatic N) is 1. The molecular formula is C17H18N2O2S. The van der Waals surface area contributed by atoms with E-state index in [1.54, 1.807) is 35.6 Å². The van der Waals surface area contributed by atoms with Gasteiger partial charge in [-0.25, -0.2) is 0 Å². The lowest BCUT2D eigenvalue weighted by Crippen LogP contribution is -2.25. The van der Waals surface area contributed by atoms with Crippen LogP contribution in [-0.2, 0) is 0 Å². The molecule has 1 unspecified atom stereocenters. The molecule has 4 nitrogen and oxygen atoms in total. The Morgan fingerprint density at radius 2 is 2.18 bits per heavy atom. The molecule has 0 radical (unpaired) electrons. The predicted octanol–water partition coefficient (Wildman–Crippen LogP) is 2.91. The second-order valence-corrected chi connectivity index (χ2v) is 5.94. The normalized spacial score (nSPS) is 11.6. The number of aliphatic hydroxyl groups is 1. The fraction of sp³-hybridized carbons (Fsp3) is 0.294. The van der Waals surface area contributed by atoms with Crippen LogP contribution in [0.5, 0.6) is 0 Å². The highest BCUT2D eigenvalue weighted by Crippen LogP contribution is 2.26. The first-order chi connectivity index (χ1) is 10.7. The molecule has 1 atom stereocenters. The Bertz CT molecular complexity index is 647. The smallest absolute Gasteiger partial charge is 0.251 e. The molecule has 1 aromatic heterocycles. The summed E-state index contributed by atoms with van der Waals surface area (Å²) >= 11 is 1.67. The van der Waals surface area contributed by atoms with Gasteiger partial charge in [0.15, 0.2) is 0 Å². The molecule has 0 bridgehead atoms. The zero-order chi connectivity index (χ0) is 15.8. The minimum atomic E-state index is -0.175. The largest absolute Gasteiger partial charge is 0.396 e. The van der Waals surface area contributed by atoms with Crippen molar-refractivity contribution in [3.05, 3.63) is 57.8 Å². The van der Waals surface area contributed by atoms with Crippen LogP contribution >= 0.6 is 11.3 Å². The number of hydrogen-bond donors (Lipinski definition) is 2. The first-order valence-corrected chi connectivity index (χ1v) is 8.05. The van der Waals surface area contributed by atoms with Crippen LogP contribution in [0.1, 0.15) is 39.6 Å². The van der Waals surface area contributed by atoms with Crippen molar-refractivity contribution in [2.75, 3.05) is 13.2 Å². The van der Waals surface area contributed by atoms with Gasteiger partial charge in [-0.15, -0.1) is 11.3 Å². The summed E-state index contributed by atoms with van der Waals surface area (Å²) in [7, 11) is 0. The molecule has 0 aliphatic rings. The Morgan fingerprint density at radius 1 is 1.32 bits per heavy atom. The molecule has 0 fully saturated rings. The summed E-state index contributed by atoms with van der Waals surface area (Å²) in [5, 5.41) is 22.9. The average Bonchev–Trinajstić information content (AvgIpc) is 3.08. The fourth-order valence-corrected chi connectivity index (χ4v) is 3.20. The zero-order valence-corrected chi connectivity index (χ0v) is 13.0. The predicted molar refractivity (Wildman–Crippen MR) is 86.9 cm³/mol. The van der Waals surface area contributed by atoms with Crippen LogP contribution in [0.3, 0.4) is 0 Å². The Hall–Kier alpha value is -2.16. The van der Waals surface area contributed by atoms with Gasteiger partial charge in [0.2, 0.25) is 0 Å².